The molecule has 0 atom stereocenters. The first-order valence-corrected chi connectivity index (χ1v) is 5.98. The highest BCUT2D eigenvalue weighted by atomic mass is 16.6. The van der Waals surface area contributed by atoms with E-state index in [1.165, 1.54) is 4.68 Å². The van der Waals surface area contributed by atoms with Gasteiger partial charge >= 0.3 is 5.69 Å². The molecule has 2 aromatic rings. The number of hydrogen-bond acceptors (Lipinski definition) is 5. The van der Waals surface area contributed by atoms with E-state index in [0.717, 1.165) is 0 Å². The molecule has 1 amide bonds. The van der Waals surface area contributed by atoms with Gasteiger partial charge < -0.3 is 5.73 Å². The Morgan fingerprint density at radius 1 is 1.50 bits per heavy atom. The fraction of sp³-hybridized carbons (Fsp3) is 0.250. The van der Waals surface area contributed by atoms with E-state index >= 15 is 0 Å². The average Bonchev–Trinajstić information content (AvgIpc) is 2.78. The molecule has 0 bridgehead atoms. The number of hydrogen-bond donors (Lipinski definition) is 1. The van der Waals surface area contributed by atoms with E-state index in [1.807, 2.05) is 0 Å². The molecule has 2 aromatic heterocycles. The summed E-state index contributed by atoms with van der Waals surface area (Å²) in [5.41, 5.74) is 5.55. The summed E-state index contributed by atoms with van der Waals surface area (Å²) in [5, 5.41) is 15.1. The summed E-state index contributed by atoms with van der Waals surface area (Å²) in [5.74, 6) is -0.911. The van der Waals surface area contributed by atoms with Gasteiger partial charge in [-0.15, -0.1) is 0 Å². The summed E-state index contributed by atoms with van der Waals surface area (Å²) in [7, 11) is 0. The predicted molar refractivity (Wildman–Crippen MR) is 70.1 cm³/mol. The number of amides is 1. The third kappa shape index (κ3) is 2.48. The fourth-order valence-electron chi connectivity index (χ4n) is 1.97. The van der Waals surface area contributed by atoms with Crippen molar-refractivity contribution < 1.29 is 9.72 Å². The highest BCUT2D eigenvalue weighted by molar-refractivity contribution is 5.95. The maximum atomic E-state index is 11.3. The van der Waals surface area contributed by atoms with Crippen molar-refractivity contribution in [2.45, 2.75) is 19.9 Å². The number of nitrogens with two attached hydrogens (primary N) is 1. The zero-order chi connectivity index (χ0) is 14.7. The van der Waals surface area contributed by atoms with Gasteiger partial charge in [-0.05, 0) is 18.6 Å². The minimum absolute atomic E-state index is 0.248. The van der Waals surface area contributed by atoms with Gasteiger partial charge in [0.2, 0.25) is 5.69 Å². The summed E-state index contributed by atoms with van der Waals surface area (Å²) < 4.78 is 1.40. The molecule has 2 N–H and O–H groups in total. The van der Waals surface area contributed by atoms with Crippen molar-refractivity contribution in [3.63, 3.8) is 0 Å². The zero-order valence-electron chi connectivity index (χ0n) is 10.8. The second-order valence-corrected chi connectivity index (χ2v) is 4.10. The van der Waals surface area contributed by atoms with Crippen LogP contribution in [0, 0.1) is 10.1 Å². The number of rotatable bonds is 5. The van der Waals surface area contributed by atoms with Crippen molar-refractivity contribution in [3.8, 4) is 0 Å². The fourth-order valence-corrected chi connectivity index (χ4v) is 1.97. The summed E-state index contributed by atoms with van der Waals surface area (Å²) in [6.07, 6.45) is 1.98. The molecule has 0 saturated heterocycles. The number of nitro groups is 1. The van der Waals surface area contributed by atoms with Crippen LogP contribution < -0.4 is 5.73 Å². The molecule has 8 heteroatoms. The van der Waals surface area contributed by atoms with Gasteiger partial charge in [-0.1, -0.05) is 13.0 Å². The molecule has 0 aliphatic carbocycles. The summed E-state index contributed by atoms with van der Waals surface area (Å²) in [4.78, 5) is 25.9. The van der Waals surface area contributed by atoms with Gasteiger partial charge in [0.1, 0.15) is 5.69 Å². The Balaban J connectivity index is 2.51. The van der Waals surface area contributed by atoms with Crippen molar-refractivity contribution in [1.82, 2.24) is 14.8 Å². The molecule has 8 nitrogen and oxygen atoms in total. The summed E-state index contributed by atoms with van der Waals surface area (Å²) in [6, 6.07) is 5.35. The van der Waals surface area contributed by atoms with Crippen LogP contribution in [0.2, 0.25) is 0 Å². The first kappa shape index (κ1) is 13.7. The van der Waals surface area contributed by atoms with Gasteiger partial charge in [-0.3, -0.25) is 24.6 Å². The van der Waals surface area contributed by atoms with Gasteiger partial charge in [0.25, 0.3) is 5.91 Å². The van der Waals surface area contributed by atoms with E-state index < -0.39 is 10.8 Å². The van der Waals surface area contributed by atoms with Crippen molar-refractivity contribution in [2.24, 2.45) is 5.73 Å². The van der Waals surface area contributed by atoms with E-state index in [2.05, 4.69) is 10.1 Å². The molecule has 2 rings (SSSR count). The highest BCUT2D eigenvalue weighted by Gasteiger charge is 2.29. The Hall–Kier alpha value is -2.77. The lowest BCUT2D eigenvalue weighted by atomic mass is 10.2. The van der Waals surface area contributed by atoms with Gasteiger partial charge in [-0.2, -0.15) is 5.10 Å². The van der Waals surface area contributed by atoms with Crippen LogP contribution in [0.3, 0.4) is 0 Å². The normalized spacial score (nSPS) is 10.4. The molecule has 0 aliphatic rings. The molecule has 0 spiro atoms. The SMILES string of the molecule is CCc1c([N+](=O)[O-])c(C(N)=O)nn1Cc1ccccn1. The van der Waals surface area contributed by atoms with E-state index in [0.29, 0.717) is 17.8 Å². The van der Waals surface area contributed by atoms with Crippen molar-refractivity contribution in [2.75, 3.05) is 0 Å². The third-order valence-corrected chi connectivity index (χ3v) is 2.82. The Labute approximate surface area is 114 Å². The van der Waals surface area contributed by atoms with Crippen molar-refractivity contribution >= 4 is 11.6 Å². The van der Waals surface area contributed by atoms with Crippen LogP contribution in [0.15, 0.2) is 24.4 Å². The number of pyridine rings is 1. The number of carbonyl (C=O) groups excluding carboxylic acids is 1. The topological polar surface area (TPSA) is 117 Å². The van der Waals surface area contributed by atoms with Crippen molar-refractivity contribution in [1.29, 1.82) is 0 Å². The van der Waals surface area contributed by atoms with E-state index in [4.69, 9.17) is 5.73 Å². The standard InChI is InChI=1S/C12H13N5O3/c1-2-9-11(17(19)20)10(12(13)18)15-16(9)7-8-5-3-4-6-14-8/h3-6H,2,7H2,1H3,(H2,13,18). The van der Waals surface area contributed by atoms with Gasteiger partial charge in [0.05, 0.1) is 17.2 Å². The Morgan fingerprint density at radius 3 is 2.75 bits per heavy atom. The Bertz CT molecular complexity index is 651. The highest BCUT2D eigenvalue weighted by Crippen LogP contribution is 2.24. The minimum Gasteiger partial charge on any atom is -0.364 e. The molecule has 0 radical (unpaired) electrons. The van der Waals surface area contributed by atoms with Crippen LogP contribution >= 0.6 is 0 Å². The van der Waals surface area contributed by atoms with Crippen LogP contribution in [-0.4, -0.2) is 25.6 Å². The number of nitrogens with zero attached hydrogens (tertiary/aromatic N) is 4. The molecular formula is C12H13N5O3. The lowest BCUT2D eigenvalue weighted by molar-refractivity contribution is -0.385. The predicted octanol–water partition coefficient (Wildman–Crippen LogP) is 0.896. The molecule has 2 heterocycles. The first-order chi connectivity index (χ1) is 9.54. The molecule has 20 heavy (non-hydrogen) atoms. The molecule has 104 valence electrons. The van der Waals surface area contributed by atoms with Crippen LogP contribution in [0.4, 0.5) is 5.69 Å². The van der Waals surface area contributed by atoms with Crippen LogP contribution in [-0.2, 0) is 13.0 Å². The molecule has 0 aliphatic heterocycles. The average molecular weight is 275 g/mol. The maximum absolute atomic E-state index is 11.3. The molecule has 0 aromatic carbocycles. The quantitative estimate of drug-likeness (QED) is 0.642. The second-order valence-electron chi connectivity index (χ2n) is 4.10. The monoisotopic (exact) mass is 275 g/mol. The van der Waals surface area contributed by atoms with Gasteiger partial charge in [0.15, 0.2) is 0 Å². The third-order valence-electron chi connectivity index (χ3n) is 2.82. The largest absolute Gasteiger partial charge is 0.364 e. The van der Waals surface area contributed by atoms with E-state index in [-0.39, 0.29) is 17.9 Å². The molecule has 0 saturated carbocycles. The van der Waals surface area contributed by atoms with Gasteiger partial charge in [-0.25, -0.2) is 0 Å². The summed E-state index contributed by atoms with van der Waals surface area (Å²) in [6.45, 7) is 2.00. The lowest BCUT2D eigenvalue weighted by Gasteiger charge is -2.04. The molecular weight excluding hydrogens is 262 g/mol. The number of carbonyl (C=O) groups is 1. The number of primary amides is 1. The van der Waals surface area contributed by atoms with Gasteiger partial charge in [0, 0.05) is 6.20 Å². The Morgan fingerprint density at radius 2 is 2.25 bits per heavy atom. The van der Waals surface area contributed by atoms with Crippen molar-refractivity contribution in [3.05, 3.63) is 51.6 Å². The maximum Gasteiger partial charge on any atom is 0.323 e. The lowest BCUT2D eigenvalue weighted by Crippen LogP contribution is -2.14. The summed E-state index contributed by atoms with van der Waals surface area (Å²) >= 11 is 0. The second kappa shape index (κ2) is 5.47. The molecule has 0 unspecified atom stereocenters. The van der Waals surface area contributed by atoms with Crippen LogP contribution in [0.25, 0.3) is 0 Å². The van der Waals surface area contributed by atoms with E-state index in [9.17, 15) is 14.9 Å². The van der Waals surface area contributed by atoms with Crippen LogP contribution in [0.5, 0.6) is 0 Å². The van der Waals surface area contributed by atoms with Crippen LogP contribution in [0.1, 0.15) is 28.8 Å². The Kier molecular flexibility index (Phi) is 3.74. The first-order valence-electron chi connectivity index (χ1n) is 5.98. The van der Waals surface area contributed by atoms with E-state index in [1.54, 1.807) is 31.3 Å². The number of aromatic nitrogens is 3. The minimum atomic E-state index is -0.911. The molecule has 0 fully saturated rings. The smallest absolute Gasteiger partial charge is 0.323 e. The zero-order valence-corrected chi connectivity index (χ0v) is 10.8.